The Morgan fingerprint density at radius 3 is 2.17 bits per heavy atom. The molecule has 0 bridgehead atoms. The summed E-state index contributed by atoms with van der Waals surface area (Å²) in [5.41, 5.74) is 0.208. The van der Waals surface area contributed by atoms with Gasteiger partial charge in [0.05, 0.1) is 25.3 Å². The number of imide groups is 1. The van der Waals surface area contributed by atoms with Gasteiger partial charge in [-0.3, -0.25) is 9.59 Å². The molecule has 1 aromatic carbocycles. The second-order valence-corrected chi connectivity index (χ2v) is 4.73. The first-order valence-electron chi connectivity index (χ1n) is 6.85. The number of hydrogen-bond donors (Lipinski definition) is 0. The van der Waals surface area contributed by atoms with Crippen molar-refractivity contribution < 1.29 is 28.7 Å². The standard InChI is InChI=1S/C16H12N2O6/c1-22-11-7-8-17-13(23-2)12(11)16(21)24-18-14(19)9-5-3-4-6-10(9)15(18)20/h3-8H,1-2H3. The van der Waals surface area contributed by atoms with Crippen molar-refractivity contribution in [2.45, 2.75) is 0 Å². The molecule has 0 N–H and O–H groups in total. The van der Waals surface area contributed by atoms with Crippen LogP contribution in [0.4, 0.5) is 0 Å². The molecule has 0 aliphatic carbocycles. The fourth-order valence-corrected chi connectivity index (χ4v) is 2.32. The van der Waals surface area contributed by atoms with Gasteiger partial charge in [0.15, 0.2) is 5.56 Å². The number of carbonyl (C=O) groups is 3. The molecule has 0 radical (unpaired) electrons. The molecule has 0 fully saturated rings. The molecule has 0 saturated heterocycles. The highest BCUT2D eigenvalue weighted by molar-refractivity contribution is 6.21. The molecule has 0 saturated carbocycles. The monoisotopic (exact) mass is 328 g/mol. The third kappa shape index (κ3) is 2.34. The van der Waals surface area contributed by atoms with E-state index in [1.165, 1.54) is 38.6 Å². The van der Waals surface area contributed by atoms with Crippen LogP contribution in [0.15, 0.2) is 36.5 Å². The summed E-state index contributed by atoms with van der Waals surface area (Å²) < 4.78 is 10.1. The van der Waals surface area contributed by atoms with Gasteiger partial charge in [-0.25, -0.2) is 9.78 Å². The molecule has 2 aromatic rings. The molecule has 1 aliphatic heterocycles. The summed E-state index contributed by atoms with van der Waals surface area (Å²) in [6.45, 7) is 0. The summed E-state index contributed by atoms with van der Waals surface area (Å²) in [7, 11) is 2.67. The topological polar surface area (TPSA) is 95.0 Å². The average Bonchev–Trinajstić information content (AvgIpc) is 2.86. The first-order chi connectivity index (χ1) is 11.6. The molecule has 122 valence electrons. The fourth-order valence-electron chi connectivity index (χ4n) is 2.32. The van der Waals surface area contributed by atoms with E-state index >= 15 is 0 Å². The predicted molar refractivity (Wildman–Crippen MR) is 79.7 cm³/mol. The zero-order valence-corrected chi connectivity index (χ0v) is 12.8. The van der Waals surface area contributed by atoms with Crippen LogP contribution < -0.4 is 9.47 Å². The Morgan fingerprint density at radius 2 is 1.62 bits per heavy atom. The van der Waals surface area contributed by atoms with Gasteiger partial charge in [-0.2, -0.15) is 0 Å². The molecule has 8 nitrogen and oxygen atoms in total. The third-order valence-electron chi connectivity index (χ3n) is 3.43. The normalized spacial score (nSPS) is 12.8. The summed E-state index contributed by atoms with van der Waals surface area (Å²) in [5.74, 6) is -2.33. The van der Waals surface area contributed by atoms with Gasteiger partial charge in [-0.05, 0) is 18.2 Å². The molecular formula is C16H12N2O6. The van der Waals surface area contributed by atoms with Crippen molar-refractivity contribution in [3.63, 3.8) is 0 Å². The van der Waals surface area contributed by atoms with Gasteiger partial charge >= 0.3 is 5.97 Å². The van der Waals surface area contributed by atoms with Crippen LogP contribution in [0.1, 0.15) is 31.1 Å². The van der Waals surface area contributed by atoms with Crippen molar-refractivity contribution >= 4 is 17.8 Å². The van der Waals surface area contributed by atoms with Gasteiger partial charge in [0, 0.05) is 6.20 Å². The van der Waals surface area contributed by atoms with E-state index in [2.05, 4.69) is 4.98 Å². The van der Waals surface area contributed by atoms with E-state index in [-0.39, 0.29) is 28.3 Å². The van der Waals surface area contributed by atoms with Gasteiger partial charge in [-0.1, -0.05) is 17.2 Å². The molecule has 1 aliphatic rings. The molecule has 2 amide bonds. The second-order valence-electron chi connectivity index (χ2n) is 4.73. The maximum absolute atomic E-state index is 12.4. The summed E-state index contributed by atoms with van der Waals surface area (Å²) in [6, 6.07) is 7.62. The molecule has 0 unspecified atom stereocenters. The van der Waals surface area contributed by atoms with Gasteiger partial charge in [0.2, 0.25) is 5.88 Å². The number of pyridine rings is 1. The van der Waals surface area contributed by atoms with E-state index in [1.54, 1.807) is 12.1 Å². The van der Waals surface area contributed by atoms with E-state index in [4.69, 9.17) is 14.3 Å². The minimum absolute atomic E-state index is 0.0454. The SMILES string of the molecule is COc1ccnc(OC)c1C(=O)ON1C(=O)c2ccccc2C1=O. The third-order valence-corrected chi connectivity index (χ3v) is 3.43. The average molecular weight is 328 g/mol. The van der Waals surface area contributed by atoms with Crippen molar-refractivity contribution in [2.75, 3.05) is 14.2 Å². The summed E-state index contributed by atoms with van der Waals surface area (Å²) in [4.78, 5) is 45.8. The number of nitrogens with zero attached hydrogens (tertiary/aromatic N) is 2. The number of aromatic nitrogens is 1. The number of hydroxylamine groups is 2. The van der Waals surface area contributed by atoms with Crippen LogP contribution in [0.25, 0.3) is 0 Å². The predicted octanol–water partition coefficient (Wildman–Crippen LogP) is 1.47. The number of hydrogen-bond acceptors (Lipinski definition) is 7. The summed E-state index contributed by atoms with van der Waals surface area (Å²) in [6.07, 6.45) is 1.39. The minimum atomic E-state index is -0.994. The van der Waals surface area contributed by atoms with Gasteiger partial charge in [-0.15, -0.1) is 0 Å². The highest BCUT2D eigenvalue weighted by atomic mass is 16.7. The lowest BCUT2D eigenvalue weighted by Crippen LogP contribution is -2.33. The Kier molecular flexibility index (Phi) is 3.87. The van der Waals surface area contributed by atoms with Crippen LogP contribution in [-0.2, 0) is 4.84 Å². The molecule has 24 heavy (non-hydrogen) atoms. The molecule has 2 heterocycles. The number of carbonyl (C=O) groups excluding carboxylic acids is 3. The second kappa shape index (κ2) is 5.99. The fraction of sp³-hybridized carbons (Fsp3) is 0.125. The zero-order valence-electron chi connectivity index (χ0n) is 12.8. The number of amides is 2. The van der Waals surface area contributed by atoms with E-state index in [0.717, 1.165) is 0 Å². The van der Waals surface area contributed by atoms with Crippen molar-refractivity contribution in [3.05, 3.63) is 53.2 Å². The highest BCUT2D eigenvalue weighted by Crippen LogP contribution is 2.29. The molecule has 0 spiro atoms. The van der Waals surface area contributed by atoms with Gasteiger partial charge in [0.25, 0.3) is 11.8 Å². The molecule has 8 heteroatoms. The number of methoxy groups -OCH3 is 2. The summed E-state index contributed by atoms with van der Waals surface area (Å²) in [5, 5.41) is 0.416. The van der Waals surface area contributed by atoms with E-state index in [9.17, 15) is 14.4 Å². The number of fused-ring (bicyclic) bond motifs is 1. The van der Waals surface area contributed by atoms with Gasteiger partial charge < -0.3 is 14.3 Å². The smallest absolute Gasteiger partial charge is 0.373 e. The Morgan fingerprint density at radius 1 is 1.00 bits per heavy atom. The molecule has 3 rings (SSSR count). The Balaban J connectivity index is 1.92. The first kappa shape index (κ1) is 15.5. The van der Waals surface area contributed by atoms with Crippen molar-refractivity contribution in [3.8, 4) is 11.6 Å². The minimum Gasteiger partial charge on any atom is -0.496 e. The Bertz CT molecular complexity index is 791. The maximum Gasteiger partial charge on any atom is 0.373 e. The molecular weight excluding hydrogens is 316 g/mol. The van der Waals surface area contributed by atoms with Crippen LogP contribution in [0.5, 0.6) is 11.6 Å². The maximum atomic E-state index is 12.4. The van der Waals surface area contributed by atoms with Crippen molar-refractivity contribution in [1.82, 2.24) is 10.0 Å². The lowest BCUT2D eigenvalue weighted by Gasteiger charge is -2.15. The van der Waals surface area contributed by atoms with Crippen molar-refractivity contribution in [2.24, 2.45) is 0 Å². The Hall–Kier alpha value is -3.42. The van der Waals surface area contributed by atoms with E-state index in [1.807, 2.05) is 0 Å². The lowest BCUT2D eigenvalue weighted by molar-refractivity contribution is -0.0588. The zero-order chi connectivity index (χ0) is 17.3. The number of benzene rings is 1. The van der Waals surface area contributed by atoms with Crippen LogP contribution in [-0.4, -0.2) is 42.1 Å². The summed E-state index contributed by atoms with van der Waals surface area (Å²) >= 11 is 0. The van der Waals surface area contributed by atoms with Crippen LogP contribution in [0, 0.1) is 0 Å². The van der Waals surface area contributed by atoms with E-state index < -0.39 is 17.8 Å². The number of ether oxygens (including phenoxy) is 2. The van der Waals surface area contributed by atoms with Crippen molar-refractivity contribution in [1.29, 1.82) is 0 Å². The van der Waals surface area contributed by atoms with Crippen LogP contribution in [0.2, 0.25) is 0 Å². The molecule has 1 aromatic heterocycles. The highest BCUT2D eigenvalue weighted by Gasteiger charge is 2.39. The van der Waals surface area contributed by atoms with Gasteiger partial charge in [0.1, 0.15) is 5.75 Å². The Labute approximate surface area is 136 Å². The quantitative estimate of drug-likeness (QED) is 0.784. The van der Waals surface area contributed by atoms with Crippen LogP contribution >= 0.6 is 0 Å². The van der Waals surface area contributed by atoms with Crippen LogP contribution in [0.3, 0.4) is 0 Å². The number of rotatable bonds is 4. The lowest BCUT2D eigenvalue weighted by atomic mass is 10.1. The molecule has 0 atom stereocenters. The van der Waals surface area contributed by atoms with E-state index in [0.29, 0.717) is 5.06 Å². The first-order valence-corrected chi connectivity index (χ1v) is 6.85. The largest absolute Gasteiger partial charge is 0.496 e.